The van der Waals surface area contributed by atoms with Gasteiger partial charge in [-0.25, -0.2) is 0 Å². The summed E-state index contributed by atoms with van der Waals surface area (Å²) in [6, 6.07) is 5.02. The second-order valence-corrected chi connectivity index (χ2v) is 4.97. The molecule has 18 heavy (non-hydrogen) atoms. The van der Waals surface area contributed by atoms with Crippen molar-refractivity contribution in [3.8, 4) is 0 Å². The van der Waals surface area contributed by atoms with Crippen molar-refractivity contribution in [1.29, 1.82) is 0 Å². The van der Waals surface area contributed by atoms with Crippen LogP contribution in [0.5, 0.6) is 0 Å². The van der Waals surface area contributed by atoms with Gasteiger partial charge in [0.2, 0.25) is 0 Å². The summed E-state index contributed by atoms with van der Waals surface area (Å²) in [7, 11) is 0. The number of ketones is 3. The summed E-state index contributed by atoms with van der Waals surface area (Å²) in [6.07, 6.45) is 1.14. The number of carbonyl (C=O) groups is 3. The first kappa shape index (κ1) is 13.0. The van der Waals surface area contributed by atoms with Crippen LogP contribution in [0, 0.1) is 12.8 Å². The van der Waals surface area contributed by atoms with Crippen molar-refractivity contribution in [2.24, 2.45) is 5.92 Å². The molecule has 1 aliphatic carbocycles. The molecule has 0 N–H and O–H groups in total. The van der Waals surface area contributed by atoms with Crippen molar-refractivity contribution in [3.63, 3.8) is 0 Å². The molecule has 4 heteroatoms. The van der Waals surface area contributed by atoms with Gasteiger partial charge in [-0.3, -0.25) is 14.4 Å². The van der Waals surface area contributed by atoms with Gasteiger partial charge < -0.3 is 0 Å². The molecule has 0 atom stereocenters. The van der Waals surface area contributed by atoms with E-state index in [1.165, 1.54) is 0 Å². The summed E-state index contributed by atoms with van der Waals surface area (Å²) in [5.41, 5.74) is 1.14. The van der Waals surface area contributed by atoms with Gasteiger partial charge in [0, 0.05) is 18.4 Å². The Morgan fingerprint density at radius 3 is 2.44 bits per heavy atom. The predicted molar refractivity (Wildman–Crippen MR) is 67.9 cm³/mol. The zero-order chi connectivity index (χ0) is 13.3. The Labute approximate surface area is 110 Å². The van der Waals surface area contributed by atoms with Gasteiger partial charge in [0.25, 0.3) is 0 Å². The topological polar surface area (TPSA) is 51.2 Å². The summed E-state index contributed by atoms with van der Waals surface area (Å²) in [4.78, 5) is 35.7. The molecule has 0 aliphatic heterocycles. The average Bonchev–Trinajstić information content (AvgIpc) is 2.32. The smallest absolute Gasteiger partial charge is 0.182 e. The lowest BCUT2D eigenvalue weighted by molar-refractivity contribution is -0.133. The Hall–Kier alpha value is -1.48. The van der Waals surface area contributed by atoms with E-state index in [0.29, 0.717) is 19.3 Å². The van der Waals surface area contributed by atoms with E-state index in [2.05, 4.69) is 0 Å². The molecule has 94 valence electrons. The highest BCUT2D eigenvalue weighted by molar-refractivity contribution is 6.36. The van der Waals surface area contributed by atoms with Crippen molar-refractivity contribution >= 4 is 29.0 Å². The van der Waals surface area contributed by atoms with Crippen molar-refractivity contribution in [1.82, 2.24) is 0 Å². The monoisotopic (exact) mass is 264 g/mol. The molecule has 0 saturated heterocycles. The highest BCUT2D eigenvalue weighted by Gasteiger charge is 2.37. The van der Waals surface area contributed by atoms with E-state index in [4.69, 9.17) is 11.6 Å². The number of hydrogen-bond donors (Lipinski definition) is 0. The fraction of sp³-hybridized carbons (Fsp3) is 0.357. The molecule has 0 spiro atoms. The highest BCUT2D eigenvalue weighted by Crippen LogP contribution is 2.26. The molecule has 3 nitrogen and oxygen atoms in total. The van der Waals surface area contributed by atoms with Crippen LogP contribution in [0.3, 0.4) is 0 Å². The number of aryl methyl sites for hydroxylation is 1. The predicted octanol–water partition coefficient (Wildman–Crippen LogP) is 2.77. The number of rotatable bonds is 2. The zero-order valence-corrected chi connectivity index (χ0v) is 10.8. The number of benzene rings is 1. The standard InChI is InChI=1S/C14H13ClO3/c1-8-5-6-10(15)9(7-8)14(18)13-11(16)3-2-4-12(13)17/h5-7,13H,2-4H2,1H3. The van der Waals surface area contributed by atoms with Gasteiger partial charge in [-0.1, -0.05) is 23.2 Å². The average molecular weight is 265 g/mol. The van der Waals surface area contributed by atoms with Crippen molar-refractivity contribution in [2.75, 3.05) is 0 Å². The van der Waals surface area contributed by atoms with E-state index < -0.39 is 11.7 Å². The Kier molecular flexibility index (Phi) is 3.62. The summed E-state index contributed by atoms with van der Waals surface area (Å²) in [5, 5.41) is 0.289. The summed E-state index contributed by atoms with van der Waals surface area (Å²) >= 11 is 5.96. The van der Waals surface area contributed by atoms with Crippen LogP contribution in [0.15, 0.2) is 18.2 Å². The lowest BCUT2D eigenvalue weighted by Gasteiger charge is -2.18. The molecular formula is C14H13ClO3. The van der Waals surface area contributed by atoms with Crippen LogP contribution in [0.1, 0.15) is 35.2 Å². The molecule has 0 aromatic heterocycles. The van der Waals surface area contributed by atoms with Crippen LogP contribution >= 0.6 is 11.6 Å². The van der Waals surface area contributed by atoms with E-state index in [9.17, 15) is 14.4 Å². The summed E-state index contributed by atoms with van der Waals surface area (Å²) < 4.78 is 0. The van der Waals surface area contributed by atoms with Crippen LogP contribution in [0.25, 0.3) is 0 Å². The SMILES string of the molecule is Cc1ccc(Cl)c(C(=O)C2C(=O)CCCC2=O)c1. The first-order valence-corrected chi connectivity index (χ1v) is 6.24. The minimum Gasteiger partial charge on any atom is -0.298 e. The highest BCUT2D eigenvalue weighted by atomic mass is 35.5. The van der Waals surface area contributed by atoms with Crippen molar-refractivity contribution < 1.29 is 14.4 Å². The first-order valence-electron chi connectivity index (χ1n) is 5.86. The number of halogens is 1. The normalized spacial score (nSPS) is 17.0. The van der Waals surface area contributed by atoms with Gasteiger partial charge in [-0.05, 0) is 25.5 Å². The maximum atomic E-state index is 12.3. The molecule has 1 aromatic rings. The van der Waals surface area contributed by atoms with E-state index >= 15 is 0 Å². The molecule has 2 rings (SSSR count). The number of carbonyl (C=O) groups excluding carboxylic acids is 3. The minimum atomic E-state index is -1.14. The molecule has 1 aromatic carbocycles. The van der Waals surface area contributed by atoms with Crippen molar-refractivity contribution in [3.05, 3.63) is 34.3 Å². The van der Waals surface area contributed by atoms with Crippen molar-refractivity contribution in [2.45, 2.75) is 26.2 Å². The quantitative estimate of drug-likeness (QED) is 0.610. The van der Waals surface area contributed by atoms with Gasteiger partial charge in [0.05, 0.1) is 5.02 Å². The lowest BCUT2D eigenvalue weighted by Crippen LogP contribution is -2.35. The third-order valence-corrected chi connectivity index (χ3v) is 3.47. The van der Waals surface area contributed by atoms with E-state index in [-0.39, 0.29) is 22.2 Å². The third-order valence-electron chi connectivity index (χ3n) is 3.14. The van der Waals surface area contributed by atoms with Gasteiger partial charge in [-0.2, -0.15) is 0 Å². The molecule has 1 fully saturated rings. The Morgan fingerprint density at radius 1 is 1.22 bits per heavy atom. The lowest BCUT2D eigenvalue weighted by atomic mass is 9.81. The van der Waals surface area contributed by atoms with Gasteiger partial charge in [0.1, 0.15) is 5.92 Å². The third kappa shape index (κ3) is 2.36. The van der Waals surface area contributed by atoms with Crippen LogP contribution in [0.4, 0.5) is 0 Å². The van der Waals surface area contributed by atoms with E-state index in [1.807, 2.05) is 6.92 Å². The first-order chi connectivity index (χ1) is 8.50. The van der Waals surface area contributed by atoms with Crippen LogP contribution in [0.2, 0.25) is 5.02 Å². The van der Waals surface area contributed by atoms with E-state index in [1.54, 1.807) is 18.2 Å². The number of hydrogen-bond acceptors (Lipinski definition) is 3. The Balaban J connectivity index is 2.38. The molecule has 1 saturated carbocycles. The van der Waals surface area contributed by atoms with Crippen LogP contribution < -0.4 is 0 Å². The van der Waals surface area contributed by atoms with Crippen LogP contribution in [-0.4, -0.2) is 17.3 Å². The maximum Gasteiger partial charge on any atom is 0.182 e. The molecular weight excluding hydrogens is 252 g/mol. The minimum absolute atomic E-state index is 0.269. The molecule has 0 radical (unpaired) electrons. The number of Topliss-reactive ketones (excluding diaryl/α,β-unsaturated/α-hetero) is 3. The zero-order valence-electron chi connectivity index (χ0n) is 10.0. The summed E-state index contributed by atoms with van der Waals surface area (Å²) in [6.45, 7) is 1.83. The fourth-order valence-electron chi connectivity index (χ4n) is 2.18. The molecule has 0 heterocycles. The second kappa shape index (κ2) is 5.02. The molecule has 0 amide bonds. The van der Waals surface area contributed by atoms with Gasteiger partial charge in [0.15, 0.2) is 17.3 Å². The molecule has 0 bridgehead atoms. The van der Waals surface area contributed by atoms with Crippen LogP contribution in [-0.2, 0) is 9.59 Å². The fourth-order valence-corrected chi connectivity index (χ4v) is 2.39. The Bertz CT molecular complexity index is 518. The largest absolute Gasteiger partial charge is 0.298 e. The maximum absolute atomic E-state index is 12.3. The molecule has 1 aliphatic rings. The summed E-state index contributed by atoms with van der Waals surface area (Å²) in [5.74, 6) is -2.17. The van der Waals surface area contributed by atoms with Gasteiger partial charge >= 0.3 is 0 Å². The van der Waals surface area contributed by atoms with E-state index in [0.717, 1.165) is 5.56 Å². The second-order valence-electron chi connectivity index (χ2n) is 4.57. The molecule has 0 unspecified atom stereocenters. The Morgan fingerprint density at radius 2 is 1.83 bits per heavy atom. The van der Waals surface area contributed by atoms with Gasteiger partial charge in [-0.15, -0.1) is 0 Å².